The van der Waals surface area contributed by atoms with Crippen LogP contribution >= 0.6 is 0 Å². The zero-order valence-electron chi connectivity index (χ0n) is 10.9. The van der Waals surface area contributed by atoms with Crippen LogP contribution in [0.2, 0.25) is 0 Å². The van der Waals surface area contributed by atoms with Crippen LogP contribution in [0.15, 0.2) is 18.2 Å². The summed E-state index contributed by atoms with van der Waals surface area (Å²) < 4.78 is 18.8. The second-order valence-corrected chi connectivity index (χ2v) is 4.09. The van der Waals surface area contributed by atoms with Crippen LogP contribution in [0.25, 0.3) is 0 Å². The zero-order chi connectivity index (χ0) is 13.4. The number of ether oxygens (including phenoxy) is 1. The lowest BCUT2D eigenvalue weighted by Gasteiger charge is -2.14. The average molecular weight is 250 g/mol. The molecule has 0 fully saturated rings. The Balaban J connectivity index is 2.82. The second-order valence-electron chi connectivity index (χ2n) is 4.09. The Morgan fingerprint density at radius 3 is 2.67 bits per heavy atom. The fourth-order valence-electron chi connectivity index (χ4n) is 1.59. The third kappa shape index (κ3) is 4.38. The fraction of sp³-hybridized carbons (Fsp3) is 0.467. The maximum atomic E-state index is 13.2. The van der Waals surface area contributed by atoms with Crippen LogP contribution in [0.5, 0.6) is 5.75 Å². The van der Waals surface area contributed by atoms with Gasteiger partial charge in [0.25, 0.3) is 0 Å². The number of hydrogen-bond acceptors (Lipinski definition) is 2. The molecule has 1 aromatic carbocycles. The van der Waals surface area contributed by atoms with E-state index in [4.69, 9.17) is 9.84 Å². The quantitative estimate of drug-likeness (QED) is 0.814. The lowest BCUT2D eigenvalue weighted by molar-refractivity contribution is 0.239. The number of rotatable bonds is 5. The van der Waals surface area contributed by atoms with E-state index < -0.39 is 0 Å². The minimum Gasteiger partial charge on any atom is -0.492 e. The summed E-state index contributed by atoms with van der Waals surface area (Å²) in [6, 6.07) is 4.25. The van der Waals surface area contributed by atoms with Crippen molar-refractivity contribution >= 4 is 0 Å². The summed E-state index contributed by atoms with van der Waals surface area (Å²) in [4.78, 5) is 0. The average Bonchev–Trinajstić information content (AvgIpc) is 2.39. The van der Waals surface area contributed by atoms with E-state index in [-0.39, 0.29) is 12.4 Å². The third-order valence-corrected chi connectivity index (χ3v) is 2.88. The van der Waals surface area contributed by atoms with Crippen LogP contribution < -0.4 is 4.74 Å². The van der Waals surface area contributed by atoms with Crippen LogP contribution in [-0.2, 0) is 0 Å². The van der Waals surface area contributed by atoms with Crippen LogP contribution in [-0.4, -0.2) is 18.3 Å². The van der Waals surface area contributed by atoms with E-state index in [1.165, 1.54) is 12.1 Å². The molecule has 0 aromatic heterocycles. The molecule has 0 aliphatic heterocycles. The molecular weight excluding hydrogens is 231 g/mol. The molecule has 0 aliphatic carbocycles. The first-order chi connectivity index (χ1) is 8.71. The van der Waals surface area contributed by atoms with Gasteiger partial charge in [0.05, 0.1) is 12.2 Å². The minimum atomic E-state index is -0.343. The summed E-state index contributed by atoms with van der Waals surface area (Å²) in [7, 11) is 0. The van der Waals surface area contributed by atoms with E-state index >= 15 is 0 Å². The molecule has 18 heavy (non-hydrogen) atoms. The highest BCUT2D eigenvalue weighted by Crippen LogP contribution is 2.20. The van der Waals surface area contributed by atoms with Gasteiger partial charge in [0, 0.05) is 6.07 Å². The predicted octanol–water partition coefficient (Wildman–Crippen LogP) is 2.98. The highest BCUT2D eigenvalue weighted by atomic mass is 19.1. The van der Waals surface area contributed by atoms with E-state index in [2.05, 4.69) is 25.7 Å². The molecule has 0 bridgehead atoms. The third-order valence-electron chi connectivity index (χ3n) is 2.88. The van der Waals surface area contributed by atoms with E-state index in [1.807, 2.05) is 0 Å². The predicted molar refractivity (Wildman–Crippen MR) is 69.9 cm³/mol. The summed E-state index contributed by atoms with van der Waals surface area (Å²) in [5, 5.41) is 8.68. The van der Waals surface area contributed by atoms with Gasteiger partial charge in [-0.25, -0.2) is 4.39 Å². The van der Waals surface area contributed by atoms with E-state index in [9.17, 15) is 4.39 Å². The molecule has 0 amide bonds. The Morgan fingerprint density at radius 1 is 1.33 bits per heavy atom. The van der Waals surface area contributed by atoms with Crippen molar-refractivity contribution in [3.05, 3.63) is 29.6 Å². The highest BCUT2D eigenvalue weighted by Gasteiger charge is 2.08. The molecule has 3 heteroatoms. The molecule has 1 N–H and O–H groups in total. The normalized spacial score (nSPS) is 10.1. The lowest BCUT2D eigenvalue weighted by Crippen LogP contribution is -2.10. The van der Waals surface area contributed by atoms with Gasteiger partial charge >= 0.3 is 0 Å². The summed E-state index contributed by atoms with van der Waals surface area (Å²) in [6.45, 7) is 4.55. The van der Waals surface area contributed by atoms with Gasteiger partial charge in [-0.3, -0.25) is 0 Å². The summed E-state index contributed by atoms with van der Waals surface area (Å²) >= 11 is 0. The Hall–Kier alpha value is -1.53. The molecule has 0 saturated carbocycles. The van der Waals surface area contributed by atoms with Crippen molar-refractivity contribution in [2.75, 3.05) is 13.2 Å². The van der Waals surface area contributed by atoms with Gasteiger partial charge in [-0.2, -0.15) is 0 Å². The molecule has 0 atom stereocenters. The SMILES string of the molecule is CCC(CC)COc1cc(F)ccc1C#CCO. The Labute approximate surface area is 108 Å². The molecule has 0 spiro atoms. The van der Waals surface area contributed by atoms with Gasteiger partial charge in [0.15, 0.2) is 0 Å². The standard InChI is InChI=1S/C15H19FO2/c1-3-12(4-2)11-18-15-10-14(16)8-7-13(15)6-5-9-17/h7-8,10,12,17H,3-4,9,11H2,1-2H3. The maximum Gasteiger partial charge on any atom is 0.137 e. The molecule has 0 unspecified atom stereocenters. The molecule has 2 nitrogen and oxygen atoms in total. The Kier molecular flexibility index (Phi) is 6.24. The first-order valence-electron chi connectivity index (χ1n) is 6.23. The Morgan fingerprint density at radius 2 is 2.06 bits per heavy atom. The van der Waals surface area contributed by atoms with Crippen molar-refractivity contribution in [2.24, 2.45) is 5.92 Å². The molecule has 1 aromatic rings. The molecular formula is C15H19FO2. The highest BCUT2D eigenvalue weighted by molar-refractivity contribution is 5.46. The van der Waals surface area contributed by atoms with Crippen molar-refractivity contribution in [1.29, 1.82) is 0 Å². The molecule has 0 radical (unpaired) electrons. The van der Waals surface area contributed by atoms with Crippen molar-refractivity contribution in [2.45, 2.75) is 26.7 Å². The summed E-state index contributed by atoms with van der Waals surface area (Å²) in [5.74, 6) is 5.87. The lowest BCUT2D eigenvalue weighted by atomic mass is 10.1. The fourth-order valence-corrected chi connectivity index (χ4v) is 1.59. The van der Waals surface area contributed by atoms with Crippen LogP contribution in [0, 0.1) is 23.6 Å². The summed E-state index contributed by atoms with van der Waals surface area (Å²) in [6.07, 6.45) is 2.06. The van der Waals surface area contributed by atoms with Crippen LogP contribution in [0.4, 0.5) is 4.39 Å². The van der Waals surface area contributed by atoms with Gasteiger partial charge in [-0.1, -0.05) is 38.5 Å². The van der Waals surface area contributed by atoms with Gasteiger partial charge in [-0.15, -0.1) is 0 Å². The van der Waals surface area contributed by atoms with Crippen molar-refractivity contribution in [1.82, 2.24) is 0 Å². The van der Waals surface area contributed by atoms with E-state index in [0.29, 0.717) is 23.8 Å². The molecule has 0 heterocycles. The van der Waals surface area contributed by atoms with Crippen LogP contribution in [0.1, 0.15) is 32.3 Å². The first-order valence-corrected chi connectivity index (χ1v) is 6.23. The van der Waals surface area contributed by atoms with E-state index in [0.717, 1.165) is 12.8 Å². The summed E-state index contributed by atoms with van der Waals surface area (Å²) in [5.41, 5.74) is 0.608. The van der Waals surface area contributed by atoms with Gasteiger partial charge in [-0.05, 0) is 18.1 Å². The van der Waals surface area contributed by atoms with Crippen molar-refractivity contribution in [3.8, 4) is 17.6 Å². The minimum absolute atomic E-state index is 0.219. The molecule has 0 saturated heterocycles. The van der Waals surface area contributed by atoms with Crippen molar-refractivity contribution in [3.63, 3.8) is 0 Å². The van der Waals surface area contributed by atoms with Gasteiger partial charge < -0.3 is 9.84 Å². The Bertz CT molecular complexity index is 428. The van der Waals surface area contributed by atoms with Crippen LogP contribution in [0.3, 0.4) is 0 Å². The number of aliphatic hydroxyl groups is 1. The second kappa shape index (κ2) is 7.73. The number of aliphatic hydroxyl groups excluding tert-OH is 1. The monoisotopic (exact) mass is 250 g/mol. The first kappa shape index (κ1) is 14.5. The van der Waals surface area contributed by atoms with Gasteiger partial charge in [0.1, 0.15) is 18.2 Å². The largest absolute Gasteiger partial charge is 0.492 e. The number of benzene rings is 1. The topological polar surface area (TPSA) is 29.5 Å². The molecule has 1 rings (SSSR count). The van der Waals surface area contributed by atoms with E-state index in [1.54, 1.807) is 6.07 Å². The molecule has 98 valence electrons. The van der Waals surface area contributed by atoms with Gasteiger partial charge in [0.2, 0.25) is 0 Å². The number of hydrogen-bond donors (Lipinski definition) is 1. The zero-order valence-corrected chi connectivity index (χ0v) is 10.9. The smallest absolute Gasteiger partial charge is 0.137 e. The molecule has 0 aliphatic rings. The van der Waals surface area contributed by atoms with Crippen molar-refractivity contribution < 1.29 is 14.2 Å². The maximum absolute atomic E-state index is 13.2. The number of halogens is 1.